The molecule has 5 nitrogen and oxygen atoms in total. The highest BCUT2D eigenvalue weighted by Gasteiger charge is 2.34. The topological polar surface area (TPSA) is 61.4 Å². The minimum Gasteiger partial charge on any atom is -0.382 e. The summed E-state index contributed by atoms with van der Waals surface area (Å²) in [6, 6.07) is 8.17. The Bertz CT molecular complexity index is 544. The molecular weight excluding hydrogens is 254 g/mol. The molecule has 1 aromatic carbocycles. The largest absolute Gasteiger partial charge is 0.382 e. The number of nitrogens with one attached hydrogen (secondary N) is 2. The van der Waals surface area contributed by atoms with Gasteiger partial charge < -0.3 is 15.5 Å². The number of fused-ring (bicyclic) bond motifs is 1. The van der Waals surface area contributed by atoms with Crippen LogP contribution in [0, 0.1) is 5.92 Å². The Kier molecular flexibility index (Phi) is 3.34. The van der Waals surface area contributed by atoms with Gasteiger partial charge in [0.2, 0.25) is 11.8 Å². The molecule has 0 bridgehead atoms. The maximum Gasteiger partial charge on any atom is 0.239 e. The van der Waals surface area contributed by atoms with Gasteiger partial charge in [0.15, 0.2) is 0 Å². The average molecular weight is 273 g/mol. The quantitative estimate of drug-likeness (QED) is 0.788. The number of carbonyl (C=O) groups excluding carboxylic acids is 2. The van der Waals surface area contributed by atoms with Crippen LogP contribution in [0.1, 0.15) is 12.5 Å². The molecule has 2 amide bonds. The Morgan fingerprint density at radius 3 is 2.95 bits per heavy atom. The molecule has 0 spiro atoms. The fourth-order valence-electron chi connectivity index (χ4n) is 2.96. The molecule has 2 N–H and O–H groups in total. The monoisotopic (exact) mass is 273 g/mol. The summed E-state index contributed by atoms with van der Waals surface area (Å²) < 4.78 is 0. The van der Waals surface area contributed by atoms with Crippen LogP contribution in [0.15, 0.2) is 24.3 Å². The second-order valence-corrected chi connectivity index (χ2v) is 5.51. The Hall–Kier alpha value is -2.04. The lowest BCUT2D eigenvalue weighted by molar-refractivity contribution is -0.141. The molecule has 0 aliphatic carbocycles. The minimum atomic E-state index is -0.101. The predicted molar refractivity (Wildman–Crippen MR) is 76.3 cm³/mol. The van der Waals surface area contributed by atoms with Crippen molar-refractivity contribution < 1.29 is 9.59 Å². The van der Waals surface area contributed by atoms with Crippen molar-refractivity contribution in [3.63, 3.8) is 0 Å². The van der Waals surface area contributed by atoms with Crippen LogP contribution in [0.25, 0.3) is 0 Å². The Labute approximate surface area is 118 Å². The van der Waals surface area contributed by atoms with Crippen LogP contribution in [0.5, 0.6) is 0 Å². The molecule has 2 aliphatic heterocycles. The maximum atomic E-state index is 12.6. The van der Waals surface area contributed by atoms with E-state index < -0.39 is 0 Å². The normalized spacial score (nSPS) is 25.4. The van der Waals surface area contributed by atoms with E-state index in [1.165, 1.54) is 5.56 Å². The summed E-state index contributed by atoms with van der Waals surface area (Å²) in [5.41, 5.74) is 2.28. The molecule has 2 aliphatic rings. The van der Waals surface area contributed by atoms with Crippen molar-refractivity contribution in [2.24, 2.45) is 5.92 Å². The third kappa shape index (κ3) is 2.35. The molecule has 20 heavy (non-hydrogen) atoms. The number of piperazine rings is 1. The minimum absolute atomic E-state index is 0.0681. The van der Waals surface area contributed by atoms with Crippen LogP contribution in [0.4, 0.5) is 5.69 Å². The standard InChI is InChI=1S/C15H19N3O2/c1-10-12(8-11-4-2-3-5-13(11)17-10)15(20)18-7-6-16-14(19)9-18/h2-5,10,12,17H,6-9H2,1H3,(H,16,19). The summed E-state index contributed by atoms with van der Waals surface area (Å²) in [4.78, 5) is 25.7. The zero-order valence-corrected chi connectivity index (χ0v) is 11.6. The third-order valence-electron chi connectivity index (χ3n) is 4.11. The smallest absolute Gasteiger partial charge is 0.239 e. The van der Waals surface area contributed by atoms with Crippen LogP contribution in [0.3, 0.4) is 0 Å². The van der Waals surface area contributed by atoms with Crippen molar-refractivity contribution in [1.82, 2.24) is 10.2 Å². The molecule has 0 saturated carbocycles. The first-order chi connectivity index (χ1) is 9.65. The van der Waals surface area contributed by atoms with Crippen molar-refractivity contribution in [3.8, 4) is 0 Å². The highest BCUT2D eigenvalue weighted by molar-refractivity contribution is 5.88. The van der Waals surface area contributed by atoms with Crippen molar-refractivity contribution in [2.45, 2.75) is 19.4 Å². The van der Waals surface area contributed by atoms with E-state index in [0.29, 0.717) is 13.1 Å². The summed E-state index contributed by atoms with van der Waals surface area (Å²) in [5, 5.41) is 6.14. The van der Waals surface area contributed by atoms with Gasteiger partial charge in [-0.25, -0.2) is 0 Å². The number of rotatable bonds is 1. The first-order valence-corrected chi connectivity index (χ1v) is 7.05. The fraction of sp³-hybridized carbons (Fsp3) is 0.467. The maximum absolute atomic E-state index is 12.6. The molecule has 106 valence electrons. The number of benzene rings is 1. The van der Waals surface area contributed by atoms with Gasteiger partial charge in [0.1, 0.15) is 0 Å². The average Bonchev–Trinajstić information content (AvgIpc) is 2.46. The molecule has 2 unspecified atom stereocenters. The van der Waals surface area contributed by atoms with E-state index in [2.05, 4.69) is 16.7 Å². The molecule has 0 radical (unpaired) electrons. The van der Waals surface area contributed by atoms with Crippen LogP contribution < -0.4 is 10.6 Å². The Morgan fingerprint density at radius 1 is 1.35 bits per heavy atom. The van der Waals surface area contributed by atoms with Gasteiger partial charge in [0.25, 0.3) is 0 Å². The fourth-order valence-corrected chi connectivity index (χ4v) is 2.96. The summed E-state index contributed by atoms with van der Waals surface area (Å²) >= 11 is 0. The van der Waals surface area contributed by atoms with Gasteiger partial charge in [-0.2, -0.15) is 0 Å². The molecule has 3 rings (SSSR count). The van der Waals surface area contributed by atoms with Gasteiger partial charge >= 0.3 is 0 Å². The van der Waals surface area contributed by atoms with Crippen LogP contribution in [-0.2, 0) is 16.0 Å². The molecule has 5 heteroatoms. The lowest BCUT2D eigenvalue weighted by atomic mass is 9.87. The summed E-state index contributed by atoms with van der Waals surface area (Å²) in [6.45, 7) is 3.37. The molecule has 2 heterocycles. The van der Waals surface area contributed by atoms with Crippen LogP contribution >= 0.6 is 0 Å². The number of hydrogen-bond donors (Lipinski definition) is 2. The zero-order valence-electron chi connectivity index (χ0n) is 11.6. The van der Waals surface area contributed by atoms with Gasteiger partial charge in [-0.3, -0.25) is 9.59 Å². The second-order valence-electron chi connectivity index (χ2n) is 5.51. The zero-order chi connectivity index (χ0) is 14.1. The lowest BCUT2D eigenvalue weighted by Crippen LogP contribution is -2.54. The molecule has 1 saturated heterocycles. The highest BCUT2D eigenvalue weighted by atomic mass is 16.2. The second kappa shape index (κ2) is 5.15. The number of carbonyl (C=O) groups is 2. The Morgan fingerprint density at radius 2 is 2.15 bits per heavy atom. The molecule has 1 aromatic rings. The van der Waals surface area contributed by atoms with E-state index in [4.69, 9.17) is 0 Å². The highest BCUT2D eigenvalue weighted by Crippen LogP contribution is 2.29. The van der Waals surface area contributed by atoms with Gasteiger partial charge in [-0.05, 0) is 25.0 Å². The van der Waals surface area contributed by atoms with E-state index in [0.717, 1.165) is 12.1 Å². The van der Waals surface area contributed by atoms with Crippen molar-refractivity contribution in [1.29, 1.82) is 0 Å². The molecule has 0 aromatic heterocycles. The van der Waals surface area contributed by atoms with Crippen LogP contribution in [0.2, 0.25) is 0 Å². The summed E-state index contributed by atoms with van der Waals surface area (Å²) in [7, 11) is 0. The number of nitrogens with zero attached hydrogens (tertiary/aromatic N) is 1. The van der Waals surface area contributed by atoms with Gasteiger partial charge in [-0.1, -0.05) is 18.2 Å². The molecule has 2 atom stereocenters. The van der Waals surface area contributed by atoms with Crippen molar-refractivity contribution >= 4 is 17.5 Å². The van der Waals surface area contributed by atoms with E-state index in [1.807, 2.05) is 25.1 Å². The van der Waals surface area contributed by atoms with Gasteiger partial charge in [-0.15, -0.1) is 0 Å². The van der Waals surface area contributed by atoms with E-state index in [9.17, 15) is 9.59 Å². The summed E-state index contributed by atoms with van der Waals surface area (Å²) in [6.07, 6.45) is 0.737. The van der Waals surface area contributed by atoms with Crippen molar-refractivity contribution in [2.75, 3.05) is 25.0 Å². The number of anilines is 1. The van der Waals surface area contributed by atoms with Crippen molar-refractivity contribution in [3.05, 3.63) is 29.8 Å². The van der Waals surface area contributed by atoms with Gasteiger partial charge in [0, 0.05) is 24.8 Å². The van der Waals surface area contributed by atoms with Gasteiger partial charge in [0.05, 0.1) is 12.5 Å². The van der Waals surface area contributed by atoms with Crippen LogP contribution in [-0.4, -0.2) is 42.4 Å². The lowest BCUT2D eigenvalue weighted by Gasteiger charge is -2.36. The third-order valence-corrected chi connectivity index (χ3v) is 4.11. The number of amides is 2. The number of hydrogen-bond acceptors (Lipinski definition) is 3. The van der Waals surface area contributed by atoms with E-state index in [1.54, 1.807) is 4.90 Å². The van der Waals surface area contributed by atoms with E-state index >= 15 is 0 Å². The SMILES string of the molecule is CC1Nc2ccccc2CC1C(=O)N1CCNC(=O)C1. The molecular formula is C15H19N3O2. The summed E-state index contributed by atoms with van der Waals surface area (Å²) in [5.74, 6) is -0.0911. The molecule has 1 fully saturated rings. The Balaban J connectivity index is 1.77. The van der Waals surface area contributed by atoms with E-state index in [-0.39, 0.29) is 30.3 Å². The number of para-hydroxylation sites is 1. The first-order valence-electron chi connectivity index (χ1n) is 7.05. The first kappa shape index (κ1) is 13.0. The predicted octanol–water partition coefficient (Wildman–Crippen LogP) is 0.618.